The van der Waals surface area contributed by atoms with E-state index in [0.29, 0.717) is 34.5 Å². The average Bonchev–Trinajstić information content (AvgIpc) is 3.22. The zero-order chi connectivity index (χ0) is 24.6. The lowest BCUT2D eigenvalue weighted by molar-refractivity contribution is 0.0786. The van der Waals surface area contributed by atoms with Crippen LogP contribution in [0.5, 0.6) is 0 Å². The number of carbonyl (C=O) groups excluding carboxylic acids is 1. The quantitative estimate of drug-likeness (QED) is 0.391. The first-order chi connectivity index (χ1) is 16.0. The van der Waals surface area contributed by atoms with Crippen molar-refractivity contribution in [1.82, 2.24) is 24.5 Å². The molecule has 1 aliphatic heterocycles. The third-order valence-corrected chi connectivity index (χ3v) is 5.88. The summed E-state index contributed by atoms with van der Waals surface area (Å²) in [5, 5.41) is 12.2. The van der Waals surface area contributed by atoms with Crippen LogP contribution in [0, 0.1) is 18.2 Å². The van der Waals surface area contributed by atoms with Crippen LogP contribution in [0.2, 0.25) is 0 Å². The van der Waals surface area contributed by atoms with Gasteiger partial charge in [-0.25, -0.2) is 19.0 Å². The molecule has 3 heterocycles. The van der Waals surface area contributed by atoms with Crippen molar-refractivity contribution in [2.75, 3.05) is 24.3 Å². The largest absolute Gasteiger partial charge is 0.348 e. The zero-order valence-corrected chi connectivity index (χ0v) is 19.8. The van der Waals surface area contributed by atoms with E-state index in [1.54, 1.807) is 29.7 Å². The zero-order valence-electron chi connectivity index (χ0n) is 19.8. The molecule has 34 heavy (non-hydrogen) atoms. The van der Waals surface area contributed by atoms with E-state index in [1.807, 2.05) is 13.8 Å². The molecule has 2 aromatic heterocycles. The van der Waals surface area contributed by atoms with Crippen molar-refractivity contribution in [3.63, 3.8) is 0 Å². The Morgan fingerprint density at radius 3 is 2.74 bits per heavy atom. The summed E-state index contributed by atoms with van der Waals surface area (Å²) in [6.45, 7) is 6.01. The minimum absolute atomic E-state index is 0.0580. The van der Waals surface area contributed by atoms with Gasteiger partial charge in [0.15, 0.2) is 0 Å². The summed E-state index contributed by atoms with van der Waals surface area (Å²) in [5.74, 6) is 0.108. The maximum atomic E-state index is 14.0. The minimum Gasteiger partial charge on any atom is -0.348 e. The fourth-order valence-electron chi connectivity index (χ4n) is 3.97. The second-order valence-corrected chi connectivity index (χ2v) is 9.30. The van der Waals surface area contributed by atoms with Gasteiger partial charge in [-0.2, -0.15) is 0 Å². The number of hydrogen-bond acceptors (Lipinski definition) is 8. The smallest absolute Gasteiger partial charge is 0.273 e. The van der Waals surface area contributed by atoms with Crippen LogP contribution in [-0.2, 0) is 5.54 Å². The Hall–Kier alpha value is -3.60. The van der Waals surface area contributed by atoms with E-state index in [-0.39, 0.29) is 29.2 Å². The standard InChI is InChI=1S/C23H30FN9O/c1-13-9-14(24)10-15-19(13)30-22(25)33-20(15)29-18(31-33)7-5-6-8-32(4)21(34)16-11-28-17(12-27-16)23(2,3)26/h9-12,18,25,29,31H,5-8,26H2,1-4H3. The van der Waals surface area contributed by atoms with E-state index in [1.165, 1.54) is 18.3 Å². The summed E-state index contributed by atoms with van der Waals surface area (Å²) >= 11 is 0. The molecule has 11 heteroatoms. The van der Waals surface area contributed by atoms with E-state index in [4.69, 9.17) is 11.1 Å². The van der Waals surface area contributed by atoms with E-state index < -0.39 is 5.54 Å². The number of amides is 1. The number of fused-ring (bicyclic) bond motifs is 3. The molecule has 1 aliphatic rings. The van der Waals surface area contributed by atoms with Gasteiger partial charge in [0, 0.05) is 19.0 Å². The van der Waals surface area contributed by atoms with Gasteiger partial charge in [0.25, 0.3) is 5.91 Å². The van der Waals surface area contributed by atoms with Crippen molar-refractivity contribution in [1.29, 1.82) is 5.41 Å². The Bertz CT molecular complexity index is 1280. The molecule has 1 aromatic carbocycles. The average molecular weight is 468 g/mol. The molecule has 0 radical (unpaired) electrons. The Morgan fingerprint density at radius 1 is 1.29 bits per heavy atom. The fourth-order valence-corrected chi connectivity index (χ4v) is 3.97. The molecule has 10 nitrogen and oxygen atoms in total. The molecule has 5 N–H and O–H groups in total. The number of nitrogens with two attached hydrogens (primary N) is 1. The molecule has 4 rings (SSSR count). The molecule has 180 valence electrons. The van der Waals surface area contributed by atoms with E-state index >= 15 is 0 Å². The van der Waals surface area contributed by atoms with Crippen LogP contribution >= 0.6 is 0 Å². The van der Waals surface area contributed by atoms with Gasteiger partial charge in [-0.3, -0.25) is 20.6 Å². The van der Waals surface area contributed by atoms with E-state index in [2.05, 4.69) is 25.7 Å². The third kappa shape index (κ3) is 4.69. The number of aromatic nitrogens is 4. The van der Waals surface area contributed by atoms with Crippen LogP contribution in [0.25, 0.3) is 10.9 Å². The van der Waals surface area contributed by atoms with Crippen LogP contribution in [0.3, 0.4) is 0 Å². The summed E-state index contributed by atoms with van der Waals surface area (Å²) in [4.78, 5) is 27.0. The predicted octanol–water partition coefficient (Wildman–Crippen LogP) is 2.18. The lowest BCUT2D eigenvalue weighted by Gasteiger charge is -2.19. The number of unbranched alkanes of at least 4 members (excludes halogenated alkanes) is 1. The summed E-state index contributed by atoms with van der Waals surface area (Å²) in [5.41, 5.74) is 10.9. The normalized spacial score (nSPS) is 15.1. The molecular weight excluding hydrogens is 437 g/mol. The molecule has 0 spiro atoms. The lowest BCUT2D eigenvalue weighted by atomic mass is 10.0. The van der Waals surface area contributed by atoms with Gasteiger partial charge in [-0.15, -0.1) is 0 Å². The van der Waals surface area contributed by atoms with Gasteiger partial charge in [0.05, 0.1) is 29.1 Å². The highest BCUT2D eigenvalue weighted by atomic mass is 19.1. The highest BCUT2D eigenvalue weighted by Crippen LogP contribution is 2.27. The first kappa shape index (κ1) is 23.6. The Balaban J connectivity index is 1.32. The van der Waals surface area contributed by atoms with Crippen molar-refractivity contribution in [3.05, 3.63) is 52.9 Å². The van der Waals surface area contributed by atoms with Crippen molar-refractivity contribution < 1.29 is 9.18 Å². The Kier molecular flexibility index (Phi) is 6.22. The lowest BCUT2D eigenvalue weighted by Crippen LogP contribution is -2.33. The predicted molar refractivity (Wildman–Crippen MR) is 127 cm³/mol. The number of rotatable bonds is 7. The molecule has 0 fully saturated rings. The Morgan fingerprint density at radius 2 is 2.06 bits per heavy atom. The number of aryl methyl sites for hydroxylation is 1. The van der Waals surface area contributed by atoms with Gasteiger partial charge in [-0.05, 0) is 57.7 Å². The molecule has 0 bridgehead atoms. The van der Waals surface area contributed by atoms with Crippen LogP contribution in [0.4, 0.5) is 10.2 Å². The number of halogens is 1. The van der Waals surface area contributed by atoms with Gasteiger partial charge in [0.2, 0.25) is 5.62 Å². The van der Waals surface area contributed by atoms with Crippen molar-refractivity contribution in [2.45, 2.75) is 51.7 Å². The summed E-state index contributed by atoms with van der Waals surface area (Å²) in [6.07, 6.45) is 5.24. The molecule has 0 saturated heterocycles. The first-order valence-electron chi connectivity index (χ1n) is 11.2. The molecule has 1 amide bonds. The summed E-state index contributed by atoms with van der Waals surface area (Å²) in [6, 6.07) is 2.85. The monoisotopic (exact) mass is 467 g/mol. The summed E-state index contributed by atoms with van der Waals surface area (Å²) in [7, 11) is 1.74. The fraction of sp³-hybridized carbons (Fsp3) is 0.435. The third-order valence-electron chi connectivity index (χ3n) is 5.88. The maximum Gasteiger partial charge on any atom is 0.273 e. The van der Waals surface area contributed by atoms with Gasteiger partial charge in [-0.1, -0.05) is 0 Å². The van der Waals surface area contributed by atoms with Crippen molar-refractivity contribution in [2.24, 2.45) is 5.73 Å². The molecule has 0 aliphatic carbocycles. The highest BCUT2D eigenvalue weighted by molar-refractivity contribution is 5.92. The molecule has 1 atom stereocenters. The minimum atomic E-state index is -0.614. The van der Waals surface area contributed by atoms with Crippen LogP contribution in [-0.4, -0.2) is 50.2 Å². The van der Waals surface area contributed by atoms with Gasteiger partial charge < -0.3 is 16.0 Å². The second-order valence-electron chi connectivity index (χ2n) is 9.30. The maximum absolute atomic E-state index is 14.0. The van der Waals surface area contributed by atoms with Crippen molar-refractivity contribution in [3.8, 4) is 0 Å². The van der Waals surface area contributed by atoms with Gasteiger partial charge in [0.1, 0.15) is 23.5 Å². The van der Waals surface area contributed by atoms with Gasteiger partial charge >= 0.3 is 0 Å². The van der Waals surface area contributed by atoms with E-state index in [0.717, 1.165) is 19.3 Å². The topological polar surface area (TPSA) is 138 Å². The highest BCUT2D eigenvalue weighted by Gasteiger charge is 2.24. The van der Waals surface area contributed by atoms with Crippen LogP contribution in [0.15, 0.2) is 24.5 Å². The second kappa shape index (κ2) is 8.98. The van der Waals surface area contributed by atoms with Crippen molar-refractivity contribution >= 4 is 22.6 Å². The molecule has 0 saturated carbocycles. The van der Waals surface area contributed by atoms with E-state index in [9.17, 15) is 9.18 Å². The summed E-state index contributed by atoms with van der Waals surface area (Å²) < 4.78 is 15.5. The number of anilines is 1. The number of hydrogen-bond donors (Lipinski definition) is 4. The molecule has 1 unspecified atom stereocenters. The molecular formula is C23H30FN9O. The first-order valence-corrected chi connectivity index (χ1v) is 11.2. The van der Waals surface area contributed by atoms with Crippen LogP contribution < -0.4 is 22.1 Å². The number of nitrogens with zero attached hydrogens (tertiary/aromatic N) is 5. The molecule has 3 aromatic rings. The number of carbonyl (C=O) groups is 1. The SMILES string of the molecule is Cc1cc(F)cc2c3n(c(=N)nc12)NC(CCCCN(C)C(=O)c1cnc(C(C)(C)N)cn1)N3. The van der Waals surface area contributed by atoms with Crippen LogP contribution in [0.1, 0.15) is 54.9 Å². The number of nitrogens with one attached hydrogen (secondary N) is 3. The number of benzene rings is 1. The Labute approximate surface area is 196 Å².